The fourth-order valence-corrected chi connectivity index (χ4v) is 4.00. The Hall–Kier alpha value is -3.89. The quantitative estimate of drug-likeness (QED) is 0.196. The minimum Gasteiger partial charge on any atom is -0.460 e. The van der Waals surface area contributed by atoms with Crippen LogP contribution in [0.1, 0.15) is 0 Å². The SMILES string of the molecule is Fc1cnc(-n2c3[c-]c(-c4[c-]c(Oc5ccccn5)ccc4)ccc3c3ccccc32)cc1F.[Pt+2]. The Balaban J connectivity index is 0.00000253. The van der Waals surface area contributed by atoms with Gasteiger partial charge in [0.25, 0.3) is 0 Å². The predicted octanol–water partition coefficient (Wildman–Crippen LogP) is 6.91. The number of rotatable bonds is 4. The van der Waals surface area contributed by atoms with E-state index in [1.165, 1.54) is 0 Å². The van der Waals surface area contributed by atoms with Crippen molar-refractivity contribution in [3.8, 4) is 28.6 Å². The molecular weight excluding hydrogens is 627 g/mol. The molecule has 6 rings (SSSR count). The van der Waals surface area contributed by atoms with Gasteiger partial charge in [-0.05, 0) is 23.0 Å². The van der Waals surface area contributed by atoms with E-state index < -0.39 is 11.6 Å². The van der Waals surface area contributed by atoms with E-state index in [0.717, 1.165) is 39.7 Å². The van der Waals surface area contributed by atoms with Crippen molar-refractivity contribution in [2.24, 2.45) is 0 Å². The molecule has 0 aliphatic rings. The molecule has 0 fully saturated rings. The van der Waals surface area contributed by atoms with E-state index in [9.17, 15) is 8.78 Å². The number of nitrogens with zero attached hydrogens (tertiary/aromatic N) is 3. The number of halogens is 2. The van der Waals surface area contributed by atoms with Crippen LogP contribution in [0.25, 0.3) is 38.8 Å². The van der Waals surface area contributed by atoms with E-state index in [0.29, 0.717) is 17.1 Å². The summed E-state index contributed by atoms with van der Waals surface area (Å²) < 4.78 is 35.3. The smallest absolute Gasteiger partial charge is 0.460 e. The summed E-state index contributed by atoms with van der Waals surface area (Å²) >= 11 is 0. The number of fused-ring (bicyclic) bond motifs is 3. The number of benzene rings is 3. The molecule has 35 heavy (non-hydrogen) atoms. The molecule has 6 aromatic rings. The summed E-state index contributed by atoms with van der Waals surface area (Å²) in [7, 11) is 0. The third-order valence-corrected chi connectivity index (χ3v) is 5.52. The first-order valence-electron chi connectivity index (χ1n) is 10.6. The zero-order chi connectivity index (χ0) is 23.1. The predicted molar refractivity (Wildman–Crippen MR) is 126 cm³/mol. The van der Waals surface area contributed by atoms with Gasteiger partial charge in [0.15, 0.2) is 11.6 Å². The van der Waals surface area contributed by atoms with Crippen LogP contribution < -0.4 is 4.74 Å². The second kappa shape index (κ2) is 9.40. The van der Waals surface area contributed by atoms with Crippen molar-refractivity contribution in [3.05, 3.63) is 115 Å². The molecule has 0 saturated heterocycles. The molecule has 0 aliphatic heterocycles. The topological polar surface area (TPSA) is 39.9 Å². The Kier molecular flexibility index (Phi) is 6.14. The van der Waals surface area contributed by atoms with Gasteiger partial charge in [0.05, 0.1) is 6.20 Å². The molecule has 3 aromatic heterocycles. The maximum absolute atomic E-state index is 14.1. The standard InChI is InChI=1S/C28H15F2N3O.Pt/c29-23-16-27(32-17-24(23)30)33-25-9-2-1-8-21(25)22-12-11-19(15-26(22)33)18-6-5-7-20(14-18)34-28-10-3-4-13-31-28;/h1-13,16-17H;/q-2;+2. The first-order chi connectivity index (χ1) is 16.7. The van der Waals surface area contributed by atoms with E-state index in [-0.39, 0.29) is 26.9 Å². The molecule has 0 N–H and O–H groups in total. The Labute approximate surface area is 214 Å². The second-order valence-corrected chi connectivity index (χ2v) is 7.64. The van der Waals surface area contributed by atoms with Crippen LogP contribution in [0.2, 0.25) is 0 Å². The molecule has 0 aliphatic carbocycles. The third kappa shape index (κ3) is 4.22. The van der Waals surface area contributed by atoms with E-state index in [4.69, 9.17) is 4.74 Å². The van der Waals surface area contributed by atoms with Gasteiger partial charge < -0.3 is 9.30 Å². The number of para-hydroxylation sites is 1. The average Bonchev–Trinajstić information content (AvgIpc) is 3.20. The van der Waals surface area contributed by atoms with Crippen LogP contribution in [0, 0.1) is 23.8 Å². The number of pyridine rings is 2. The Morgan fingerprint density at radius 1 is 0.743 bits per heavy atom. The van der Waals surface area contributed by atoms with Gasteiger partial charge in [0, 0.05) is 29.6 Å². The fraction of sp³-hybridized carbons (Fsp3) is 0. The zero-order valence-corrected chi connectivity index (χ0v) is 20.3. The van der Waals surface area contributed by atoms with Crippen LogP contribution in [0.5, 0.6) is 11.6 Å². The van der Waals surface area contributed by atoms with Gasteiger partial charge in [0.2, 0.25) is 5.88 Å². The number of hydrogen-bond acceptors (Lipinski definition) is 3. The van der Waals surface area contributed by atoms with E-state index in [1.54, 1.807) is 22.9 Å². The molecule has 0 amide bonds. The summed E-state index contributed by atoms with van der Waals surface area (Å²) in [5.41, 5.74) is 3.05. The van der Waals surface area contributed by atoms with Gasteiger partial charge in [-0.25, -0.2) is 29.9 Å². The van der Waals surface area contributed by atoms with Crippen molar-refractivity contribution >= 4 is 21.8 Å². The normalized spacial score (nSPS) is 10.9. The van der Waals surface area contributed by atoms with E-state index in [2.05, 4.69) is 22.1 Å². The Bertz CT molecular complexity index is 1670. The van der Waals surface area contributed by atoms with Crippen LogP contribution in [0.3, 0.4) is 0 Å². The molecule has 0 spiro atoms. The van der Waals surface area contributed by atoms with Gasteiger partial charge in [0.1, 0.15) is 5.82 Å². The van der Waals surface area contributed by atoms with Crippen LogP contribution >= 0.6 is 0 Å². The first-order valence-corrected chi connectivity index (χ1v) is 10.6. The molecule has 0 saturated carbocycles. The number of ether oxygens (including phenoxy) is 1. The average molecular weight is 643 g/mol. The van der Waals surface area contributed by atoms with Gasteiger partial charge in [-0.15, -0.1) is 18.2 Å². The third-order valence-electron chi connectivity index (χ3n) is 5.52. The minimum absolute atomic E-state index is 0. The van der Waals surface area contributed by atoms with Crippen LogP contribution in [-0.4, -0.2) is 14.5 Å². The number of aromatic nitrogens is 3. The van der Waals surface area contributed by atoms with Gasteiger partial charge >= 0.3 is 21.1 Å². The molecular formula is C28H15F2N3OPt. The zero-order valence-electron chi connectivity index (χ0n) is 18.0. The summed E-state index contributed by atoms with van der Waals surface area (Å²) in [5, 5.41) is 1.88. The fourth-order valence-electron chi connectivity index (χ4n) is 4.00. The van der Waals surface area contributed by atoms with Crippen LogP contribution in [0.4, 0.5) is 8.78 Å². The maximum Gasteiger partial charge on any atom is 2.00 e. The molecule has 0 radical (unpaired) electrons. The Morgan fingerprint density at radius 3 is 2.40 bits per heavy atom. The molecule has 0 bridgehead atoms. The largest absolute Gasteiger partial charge is 2.00 e. The van der Waals surface area contributed by atoms with Gasteiger partial charge in [-0.2, -0.15) is 24.3 Å². The second-order valence-electron chi connectivity index (χ2n) is 7.64. The summed E-state index contributed by atoms with van der Waals surface area (Å²) in [6.07, 6.45) is 2.55. The summed E-state index contributed by atoms with van der Waals surface area (Å²) in [6, 6.07) is 30.5. The van der Waals surface area contributed by atoms with Crippen molar-refractivity contribution in [2.75, 3.05) is 0 Å². The molecule has 7 heteroatoms. The van der Waals surface area contributed by atoms with Crippen LogP contribution in [-0.2, 0) is 21.1 Å². The first kappa shape index (κ1) is 22.9. The molecule has 4 nitrogen and oxygen atoms in total. The molecule has 0 atom stereocenters. The van der Waals surface area contributed by atoms with Crippen molar-refractivity contribution in [1.82, 2.24) is 14.5 Å². The van der Waals surface area contributed by atoms with Crippen LogP contribution in [0.15, 0.2) is 91.3 Å². The van der Waals surface area contributed by atoms with Crippen molar-refractivity contribution in [3.63, 3.8) is 0 Å². The summed E-state index contributed by atoms with van der Waals surface area (Å²) in [5.74, 6) is -0.685. The maximum atomic E-state index is 14.1. The number of hydrogen-bond donors (Lipinski definition) is 0. The summed E-state index contributed by atoms with van der Waals surface area (Å²) in [4.78, 5) is 8.32. The minimum atomic E-state index is -0.992. The molecule has 3 aromatic carbocycles. The van der Waals surface area contributed by atoms with Gasteiger partial charge in [-0.1, -0.05) is 29.7 Å². The van der Waals surface area contributed by atoms with E-state index >= 15 is 0 Å². The van der Waals surface area contributed by atoms with Crippen molar-refractivity contribution < 1.29 is 34.6 Å². The molecule has 3 heterocycles. The summed E-state index contributed by atoms with van der Waals surface area (Å²) in [6.45, 7) is 0. The van der Waals surface area contributed by atoms with Crippen molar-refractivity contribution in [2.45, 2.75) is 0 Å². The van der Waals surface area contributed by atoms with E-state index in [1.807, 2.05) is 60.7 Å². The van der Waals surface area contributed by atoms with Crippen molar-refractivity contribution in [1.29, 1.82) is 0 Å². The molecule has 0 unspecified atom stereocenters. The molecule has 172 valence electrons. The Morgan fingerprint density at radius 2 is 1.57 bits per heavy atom. The monoisotopic (exact) mass is 642 g/mol. The van der Waals surface area contributed by atoms with Gasteiger partial charge in [-0.3, -0.25) is 0 Å².